The van der Waals surface area contributed by atoms with E-state index in [0.29, 0.717) is 18.5 Å². The molecule has 114 valence electrons. The van der Waals surface area contributed by atoms with Crippen molar-refractivity contribution in [1.29, 1.82) is 0 Å². The van der Waals surface area contributed by atoms with Gasteiger partial charge in [0.25, 0.3) is 0 Å². The molecule has 3 nitrogen and oxygen atoms in total. The Hall–Kier alpha value is -1.08. The average Bonchev–Trinajstić information content (AvgIpc) is 2.32. The van der Waals surface area contributed by atoms with E-state index in [-0.39, 0.29) is 11.8 Å². The molecule has 20 heavy (non-hydrogen) atoms. The predicted molar refractivity (Wildman–Crippen MR) is 72.2 cm³/mol. The minimum absolute atomic E-state index is 0.00825. The Balaban J connectivity index is 2.87. The minimum atomic E-state index is -4.36. The molecule has 1 aromatic carbocycles. The van der Waals surface area contributed by atoms with Crippen LogP contribution in [-0.4, -0.2) is 27.0 Å². The number of sulfone groups is 1. The number of hydrogen-bond donors (Lipinski definition) is 1. The zero-order valence-corrected chi connectivity index (χ0v) is 12.2. The number of benzene rings is 1. The Kier molecular flexibility index (Phi) is 5.59. The lowest BCUT2D eigenvalue weighted by molar-refractivity contribution is -0.137. The second-order valence-corrected chi connectivity index (χ2v) is 6.91. The van der Waals surface area contributed by atoms with Crippen LogP contribution in [0.15, 0.2) is 24.3 Å². The Bertz CT molecular complexity index is 524. The van der Waals surface area contributed by atoms with E-state index in [1.165, 1.54) is 12.1 Å². The Morgan fingerprint density at radius 2 is 1.75 bits per heavy atom. The van der Waals surface area contributed by atoms with Gasteiger partial charge in [0, 0.05) is 12.3 Å². The van der Waals surface area contributed by atoms with Crippen molar-refractivity contribution in [2.45, 2.75) is 25.6 Å². The van der Waals surface area contributed by atoms with Crippen LogP contribution in [-0.2, 0) is 16.0 Å². The van der Waals surface area contributed by atoms with Gasteiger partial charge in [-0.2, -0.15) is 13.2 Å². The van der Waals surface area contributed by atoms with Crippen molar-refractivity contribution in [2.75, 3.05) is 18.6 Å². The maximum absolute atomic E-state index is 12.5. The van der Waals surface area contributed by atoms with Crippen molar-refractivity contribution < 1.29 is 21.6 Å². The van der Waals surface area contributed by atoms with E-state index in [1.807, 2.05) is 6.92 Å². The zero-order chi connectivity index (χ0) is 15.4. The summed E-state index contributed by atoms with van der Waals surface area (Å²) in [6.45, 7) is 2.47. The molecule has 0 aromatic heterocycles. The summed E-state index contributed by atoms with van der Waals surface area (Å²) in [5, 5.41) is 3.08. The number of rotatable bonds is 6. The Morgan fingerprint density at radius 3 is 2.15 bits per heavy atom. The SMILES string of the molecule is CCNC(CCS(C)(=O)=O)c1ccc(C(F)(F)F)cc1. The van der Waals surface area contributed by atoms with Crippen LogP contribution in [0.25, 0.3) is 0 Å². The third kappa shape index (κ3) is 5.50. The highest BCUT2D eigenvalue weighted by molar-refractivity contribution is 7.90. The van der Waals surface area contributed by atoms with Crippen LogP contribution < -0.4 is 5.32 Å². The van der Waals surface area contributed by atoms with Gasteiger partial charge in [-0.15, -0.1) is 0 Å². The molecule has 0 amide bonds. The van der Waals surface area contributed by atoms with Crippen LogP contribution in [0.4, 0.5) is 13.2 Å². The van der Waals surface area contributed by atoms with E-state index >= 15 is 0 Å². The number of nitrogens with one attached hydrogen (secondary N) is 1. The van der Waals surface area contributed by atoms with Crippen molar-refractivity contribution in [3.05, 3.63) is 35.4 Å². The molecule has 1 atom stereocenters. The van der Waals surface area contributed by atoms with E-state index in [0.717, 1.165) is 18.4 Å². The highest BCUT2D eigenvalue weighted by Gasteiger charge is 2.30. The number of alkyl halides is 3. The van der Waals surface area contributed by atoms with E-state index in [1.54, 1.807) is 0 Å². The molecule has 0 saturated carbocycles. The first-order valence-corrected chi connectivity index (χ1v) is 8.28. The van der Waals surface area contributed by atoms with Crippen LogP contribution >= 0.6 is 0 Å². The van der Waals surface area contributed by atoms with Crippen molar-refractivity contribution in [2.24, 2.45) is 0 Å². The van der Waals surface area contributed by atoms with E-state index < -0.39 is 21.6 Å². The molecule has 0 heterocycles. The third-order valence-corrected chi connectivity index (χ3v) is 3.85. The molecular weight excluding hydrogens is 291 g/mol. The lowest BCUT2D eigenvalue weighted by atomic mass is 10.0. The molecule has 0 aliphatic carbocycles. The van der Waals surface area contributed by atoms with Crippen LogP contribution in [0.2, 0.25) is 0 Å². The summed E-state index contributed by atoms with van der Waals surface area (Å²) in [4.78, 5) is 0. The van der Waals surface area contributed by atoms with E-state index in [9.17, 15) is 21.6 Å². The number of halogens is 3. The second kappa shape index (κ2) is 6.58. The minimum Gasteiger partial charge on any atom is -0.310 e. The van der Waals surface area contributed by atoms with Gasteiger partial charge in [0.15, 0.2) is 0 Å². The monoisotopic (exact) mass is 309 g/mol. The molecule has 7 heteroatoms. The molecule has 1 N–H and O–H groups in total. The van der Waals surface area contributed by atoms with Gasteiger partial charge in [0.1, 0.15) is 9.84 Å². The molecular formula is C13H18F3NO2S. The van der Waals surface area contributed by atoms with Gasteiger partial charge >= 0.3 is 6.18 Å². The van der Waals surface area contributed by atoms with Gasteiger partial charge in [0.05, 0.1) is 11.3 Å². The first-order valence-electron chi connectivity index (χ1n) is 6.21. The standard InChI is InChI=1S/C13H18F3NO2S/c1-3-17-12(8-9-20(2,18)19)10-4-6-11(7-5-10)13(14,15)16/h4-7,12,17H,3,8-9H2,1-2H3. The molecule has 0 fully saturated rings. The quantitative estimate of drug-likeness (QED) is 0.879. The van der Waals surface area contributed by atoms with Gasteiger partial charge in [-0.05, 0) is 30.7 Å². The van der Waals surface area contributed by atoms with Gasteiger partial charge in [-0.25, -0.2) is 8.42 Å². The van der Waals surface area contributed by atoms with E-state index in [2.05, 4.69) is 5.32 Å². The topological polar surface area (TPSA) is 46.2 Å². The molecule has 1 aromatic rings. The highest BCUT2D eigenvalue weighted by atomic mass is 32.2. The summed E-state index contributed by atoms with van der Waals surface area (Å²) in [6, 6.07) is 4.54. The molecule has 0 aliphatic heterocycles. The summed E-state index contributed by atoms with van der Waals surface area (Å²) in [5.41, 5.74) is -0.0527. The van der Waals surface area contributed by atoms with Crippen LogP contribution in [0.1, 0.15) is 30.5 Å². The van der Waals surface area contributed by atoms with E-state index in [4.69, 9.17) is 0 Å². The average molecular weight is 309 g/mol. The van der Waals surface area contributed by atoms with Gasteiger partial charge in [0.2, 0.25) is 0 Å². The maximum Gasteiger partial charge on any atom is 0.416 e. The smallest absolute Gasteiger partial charge is 0.310 e. The summed E-state index contributed by atoms with van der Waals surface area (Å²) in [7, 11) is -3.10. The molecule has 0 saturated heterocycles. The van der Waals surface area contributed by atoms with Crippen molar-refractivity contribution >= 4 is 9.84 Å². The third-order valence-electron chi connectivity index (χ3n) is 2.87. The Labute approximate surface area is 117 Å². The summed E-state index contributed by atoms with van der Waals surface area (Å²) in [6.07, 6.45) is -2.89. The molecule has 0 spiro atoms. The summed E-state index contributed by atoms with van der Waals surface area (Å²) >= 11 is 0. The Morgan fingerprint density at radius 1 is 1.20 bits per heavy atom. The predicted octanol–water partition coefficient (Wildman–Crippen LogP) is 2.79. The van der Waals surface area contributed by atoms with Crippen molar-refractivity contribution in [3.63, 3.8) is 0 Å². The fraction of sp³-hybridized carbons (Fsp3) is 0.538. The maximum atomic E-state index is 12.5. The first kappa shape index (κ1) is 17.0. The molecule has 1 rings (SSSR count). The molecule has 0 bridgehead atoms. The lowest BCUT2D eigenvalue weighted by Gasteiger charge is -2.18. The van der Waals surface area contributed by atoms with Crippen LogP contribution in [0.5, 0.6) is 0 Å². The second-order valence-electron chi connectivity index (χ2n) is 4.65. The first-order chi connectivity index (χ1) is 9.13. The lowest BCUT2D eigenvalue weighted by Crippen LogP contribution is -2.23. The fourth-order valence-corrected chi connectivity index (χ4v) is 2.53. The van der Waals surface area contributed by atoms with Gasteiger partial charge < -0.3 is 5.32 Å². The number of hydrogen-bond acceptors (Lipinski definition) is 3. The van der Waals surface area contributed by atoms with Gasteiger partial charge in [-0.3, -0.25) is 0 Å². The van der Waals surface area contributed by atoms with Crippen molar-refractivity contribution in [1.82, 2.24) is 5.32 Å². The van der Waals surface area contributed by atoms with Crippen molar-refractivity contribution in [3.8, 4) is 0 Å². The molecule has 0 radical (unpaired) electrons. The fourth-order valence-electron chi connectivity index (χ4n) is 1.87. The van der Waals surface area contributed by atoms with Crippen LogP contribution in [0, 0.1) is 0 Å². The molecule has 1 unspecified atom stereocenters. The largest absolute Gasteiger partial charge is 0.416 e. The summed E-state index contributed by atoms with van der Waals surface area (Å²) in [5.74, 6) is -0.00825. The van der Waals surface area contributed by atoms with Gasteiger partial charge in [-0.1, -0.05) is 19.1 Å². The normalized spacial score (nSPS) is 14.2. The highest BCUT2D eigenvalue weighted by Crippen LogP contribution is 2.30. The molecule has 0 aliphatic rings. The van der Waals surface area contributed by atoms with Crippen LogP contribution in [0.3, 0.4) is 0 Å². The summed E-state index contributed by atoms with van der Waals surface area (Å²) < 4.78 is 59.8. The zero-order valence-electron chi connectivity index (χ0n) is 11.4.